The summed E-state index contributed by atoms with van der Waals surface area (Å²) in [6.07, 6.45) is 28.9. The minimum absolute atomic E-state index is 0.260. The minimum Gasteiger partial charge on any atom is -0.372 e. The van der Waals surface area contributed by atoms with Crippen LogP contribution in [0.5, 0.6) is 0 Å². The quantitative estimate of drug-likeness (QED) is 0.0622. The Hall–Kier alpha value is -3.11. The fourth-order valence-corrected chi connectivity index (χ4v) is 6.43. The molecule has 0 amide bonds. The Morgan fingerprint density at radius 1 is 0.449 bits per heavy atom. The second-order valence-electron chi connectivity index (χ2n) is 13.6. The van der Waals surface area contributed by atoms with Gasteiger partial charge in [0, 0.05) is 37.6 Å². The number of benzene rings is 2. The van der Waals surface area contributed by atoms with Gasteiger partial charge in [-0.15, -0.1) is 0 Å². The molecule has 0 spiro atoms. The molecular weight excluding hydrogens is 620 g/mol. The Balaban J connectivity index is 1.63. The van der Waals surface area contributed by atoms with Gasteiger partial charge in [0.15, 0.2) is 0 Å². The number of nitrogens with zero attached hydrogens (tertiary/aromatic N) is 4. The molecule has 3 aromatic rings. The number of unbranched alkanes of at least 4 members (excludes halogenated alkanes) is 12. The van der Waals surface area contributed by atoms with E-state index in [9.17, 15) is 0 Å². The van der Waals surface area contributed by atoms with Crippen molar-refractivity contribution in [1.82, 2.24) is 9.97 Å². The van der Waals surface area contributed by atoms with E-state index in [1.807, 2.05) is 18.2 Å². The van der Waals surface area contributed by atoms with Crippen molar-refractivity contribution >= 4 is 47.3 Å². The van der Waals surface area contributed by atoms with Crippen LogP contribution in [0, 0.1) is 0 Å². The van der Waals surface area contributed by atoms with E-state index in [1.165, 1.54) is 114 Å². The normalized spacial score (nSPS) is 11.6. The van der Waals surface area contributed by atoms with Crippen molar-refractivity contribution in [2.45, 2.75) is 130 Å². The van der Waals surface area contributed by atoms with Gasteiger partial charge in [0.1, 0.15) is 0 Å². The highest BCUT2D eigenvalue weighted by molar-refractivity contribution is 6.28. The Labute approximate surface area is 305 Å². The van der Waals surface area contributed by atoms with Crippen LogP contribution in [0.2, 0.25) is 5.28 Å². The van der Waals surface area contributed by atoms with Gasteiger partial charge in [-0.1, -0.05) is 141 Å². The summed E-state index contributed by atoms with van der Waals surface area (Å²) in [5.41, 5.74) is 6.54. The van der Waals surface area contributed by atoms with Crippen LogP contribution in [0.25, 0.3) is 24.3 Å². The molecule has 0 radical (unpaired) electrons. The number of aromatic nitrogens is 2. The van der Waals surface area contributed by atoms with Gasteiger partial charge in [0.2, 0.25) is 5.28 Å². The van der Waals surface area contributed by atoms with Crippen LogP contribution in [0.1, 0.15) is 153 Å². The maximum atomic E-state index is 6.37. The molecule has 268 valence electrons. The predicted octanol–water partition coefficient (Wildman–Crippen LogP) is 13.4. The molecule has 0 aliphatic carbocycles. The summed E-state index contributed by atoms with van der Waals surface area (Å²) in [5.74, 6) is 0. The van der Waals surface area contributed by atoms with Crippen LogP contribution >= 0.6 is 11.6 Å². The van der Waals surface area contributed by atoms with Crippen LogP contribution in [0.4, 0.5) is 11.4 Å². The smallest absolute Gasteiger partial charge is 0.223 e. The van der Waals surface area contributed by atoms with Crippen molar-refractivity contribution in [2.75, 3.05) is 36.0 Å². The van der Waals surface area contributed by atoms with E-state index < -0.39 is 0 Å². The third-order valence-corrected chi connectivity index (χ3v) is 9.44. The third kappa shape index (κ3) is 16.4. The van der Waals surface area contributed by atoms with Gasteiger partial charge in [-0.3, -0.25) is 0 Å². The molecule has 1 heterocycles. The largest absolute Gasteiger partial charge is 0.372 e. The van der Waals surface area contributed by atoms with Crippen molar-refractivity contribution in [3.05, 3.63) is 82.4 Å². The molecule has 0 aliphatic heterocycles. The zero-order valence-electron chi connectivity index (χ0n) is 31.3. The molecular formula is C44H65ClN4. The fourth-order valence-electron chi connectivity index (χ4n) is 6.24. The molecule has 3 rings (SSSR count). The molecule has 0 saturated carbocycles. The lowest BCUT2D eigenvalue weighted by molar-refractivity contribution is 0.609. The molecule has 2 aromatic carbocycles. The lowest BCUT2D eigenvalue weighted by Gasteiger charge is -2.25. The summed E-state index contributed by atoms with van der Waals surface area (Å²) in [5, 5.41) is 0.260. The zero-order valence-corrected chi connectivity index (χ0v) is 32.1. The van der Waals surface area contributed by atoms with Crippen LogP contribution in [-0.4, -0.2) is 36.1 Å². The van der Waals surface area contributed by atoms with Gasteiger partial charge in [0.05, 0.1) is 11.4 Å². The van der Waals surface area contributed by atoms with Crippen LogP contribution in [-0.2, 0) is 0 Å². The van der Waals surface area contributed by atoms with Crippen LogP contribution in [0.15, 0.2) is 54.6 Å². The summed E-state index contributed by atoms with van der Waals surface area (Å²) in [6.45, 7) is 13.7. The molecule has 0 aliphatic rings. The van der Waals surface area contributed by atoms with Crippen molar-refractivity contribution in [3.8, 4) is 0 Å². The first-order valence-electron chi connectivity index (χ1n) is 19.7. The lowest BCUT2D eigenvalue weighted by Crippen LogP contribution is -2.25. The van der Waals surface area contributed by atoms with E-state index in [4.69, 9.17) is 11.6 Å². The highest BCUT2D eigenvalue weighted by Gasteiger charge is 2.08. The summed E-state index contributed by atoms with van der Waals surface area (Å²) in [4.78, 5) is 14.1. The third-order valence-electron chi connectivity index (χ3n) is 9.27. The van der Waals surface area contributed by atoms with Crippen molar-refractivity contribution < 1.29 is 0 Å². The highest BCUT2D eigenvalue weighted by atomic mass is 35.5. The van der Waals surface area contributed by atoms with Crippen molar-refractivity contribution in [2.24, 2.45) is 0 Å². The Bertz CT molecular complexity index is 1210. The Kier molecular flexibility index (Phi) is 20.5. The van der Waals surface area contributed by atoms with E-state index >= 15 is 0 Å². The van der Waals surface area contributed by atoms with Crippen molar-refractivity contribution in [3.63, 3.8) is 0 Å². The number of halogens is 1. The van der Waals surface area contributed by atoms with E-state index in [0.717, 1.165) is 48.7 Å². The van der Waals surface area contributed by atoms with Gasteiger partial charge in [-0.25, -0.2) is 9.97 Å². The zero-order chi connectivity index (χ0) is 34.9. The molecule has 0 saturated heterocycles. The molecule has 0 fully saturated rings. The second kappa shape index (κ2) is 24.9. The minimum atomic E-state index is 0.260. The molecule has 0 unspecified atom stereocenters. The molecule has 0 bridgehead atoms. The number of hydrogen-bond acceptors (Lipinski definition) is 4. The van der Waals surface area contributed by atoms with Crippen LogP contribution in [0.3, 0.4) is 0 Å². The summed E-state index contributed by atoms with van der Waals surface area (Å²) in [7, 11) is 0. The average Bonchev–Trinajstić information content (AvgIpc) is 3.12. The van der Waals surface area contributed by atoms with E-state index in [2.05, 4.69) is 108 Å². The first-order chi connectivity index (χ1) is 24.1. The predicted molar refractivity (Wildman–Crippen MR) is 219 cm³/mol. The maximum Gasteiger partial charge on any atom is 0.223 e. The lowest BCUT2D eigenvalue weighted by atomic mass is 10.1. The highest BCUT2D eigenvalue weighted by Crippen LogP contribution is 2.22. The van der Waals surface area contributed by atoms with Crippen molar-refractivity contribution in [1.29, 1.82) is 0 Å². The molecule has 0 atom stereocenters. The van der Waals surface area contributed by atoms with Gasteiger partial charge in [-0.2, -0.15) is 0 Å². The molecule has 5 heteroatoms. The van der Waals surface area contributed by atoms with E-state index in [-0.39, 0.29) is 5.28 Å². The van der Waals surface area contributed by atoms with Gasteiger partial charge >= 0.3 is 0 Å². The molecule has 1 aromatic heterocycles. The number of anilines is 2. The average molecular weight is 685 g/mol. The topological polar surface area (TPSA) is 32.3 Å². The summed E-state index contributed by atoms with van der Waals surface area (Å²) in [6, 6.07) is 19.9. The molecule has 49 heavy (non-hydrogen) atoms. The standard InChI is InChI=1S/C44H65ClN4/c1-5-9-13-17-33-48(34-18-14-10-6-2)42-29-23-38(24-30-42)21-27-40-37-41(47-44(45)46-40)28-22-39-25-31-43(32-26-39)49(35-19-15-11-7-3)36-20-16-12-8-4/h21-32,37H,5-20,33-36H2,1-4H3/b27-21+,28-22+. The SMILES string of the molecule is CCCCCCN(CCCCCC)c1ccc(/C=C/c2cc(/C=C/c3ccc(N(CCCCCC)CCCCCC)cc3)nc(Cl)n2)cc1. The Morgan fingerprint density at radius 3 is 1.08 bits per heavy atom. The molecule has 0 N–H and O–H groups in total. The monoisotopic (exact) mass is 684 g/mol. The molecule has 4 nitrogen and oxygen atoms in total. The maximum absolute atomic E-state index is 6.37. The second-order valence-corrected chi connectivity index (χ2v) is 13.9. The van der Waals surface area contributed by atoms with E-state index in [1.54, 1.807) is 0 Å². The first kappa shape index (κ1) is 40.3. The van der Waals surface area contributed by atoms with Crippen LogP contribution < -0.4 is 9.80 Å². The Morgan fingerprint density at radius 2 is 0.776 bits per heavy atom. The first-order valence-corrected chi connectivity index (χ1v) is 20.0. The number of hydrogen-bond donors (Lipinski definition) is 0. The fraction of sp³-hybridized carbons (Fsp3) is 0.545. The summed E-state index contributed by atoms with van der Waals surface area (Å²) >= 11 is 6.37. The van der Waals surface area contributed by atoms with Gasteiger partial charge in [-0.05, 0) is 90.9 Å². The van der Waals surface area contributed by atoms with Gasteiger partial charge in [0.25, 0.3) is 0 Å². The summed E-state index contributed by atoms with van der Waals surface area (Å²) < 4.78 is 0. The number of rotatable bonds is 26. The van der Waals surface area contributed by atoms with Gasteiger partial charge < -0.3 is 9.80 Å². The van der Waals surface area contributed by atoms with E-state index in [0.29, 0.717) is 0 Å².